The van der Waals surface area contributed by atoms with Crippen LogP contribution < -0.4 is 4.90 Å². The van der Waals surface area contributed by atoms with Gasteiger partial charge in [0.05, 0.1) is 17.6 Å². The Balaban J connectivity index is 1.78. The fourth-order valence-corrected chi connectivity index (χ4v) is 3.85. The number of halogens is 1. The Labute approximate surface area is 190 Å². The van der Waals surface area contributed by atoms with Crippen molar-refractivity contribution in [3.05, 3.63) is 95.6 Å². The molecule has 0 aliphatic rings. The summed E-state index contributed by atoms with van der Waals surface area (Å²) in [7, 11) is 0. The molecule has 0 spiro atoms. The monoisotopic (exact) mass is 445 g/mol. The summed E-state index contributed by atoms with van der Waals surface area (Å²) in [5, 5.41) is 9.33. The van der Waals surface area contributed by atoms with Crippen LogP contribution in [0.25, 0.3) is 11.0 Å². The van der Waals surface area contributed by atoms with Crippen molar-refractivity contribution in [3.8, 4) is 0 Å². The quantitative estimate of drug-likeness (QED) is 0.411. The molecule has 0 saturated heterocycles. The van der Waals surface area contributed by atoms with Crippen LogP contribution in [0.1, 0.15) is 35.1 Å². The number of hydrogen-bond donors (Lipinski definition) is 1. The van der Waals surface area contributed by atoms with Gasteiger partial charge in [-0.25, -0.2) is 9.37 Å². The average Bonchev–Trinajstić information content (AvgIpc) is 3.14. The van der Waals surface area contributed by atoms with Crippen molar-refractivity contribution in [2.75, 3.05) is 4.90 Å². The predicted octanol–water partition coefficient (Wildman–Crippen LogP) is 5.06. The SMILES string of the molecule is CCCc1nc2cc(N(Cc3ccc(F)cc3)C(=O)c3ccccc3)ccc2n1CC(=O)O. The number of carboxylic acids is 1. The summed E-state index contributed by atoms with van der Waals surface area (Å²) >= 11 is 0. The van der Waals surface area contributed by atoms with E-state index >= 15 is 0 Å². The summed E-state index contributed by atoms with van der Waals surface area (Å²) in [5.41, 5.74) is 3.27. The van der Waals surface area contributed by atoms with Crippen LogP contribution in [0.4, 0.5) is 10.1 Å². The van der Waals surface area contributed by atoms with E-state index in [1.54, 1.807) is 64.1 Å². The number of nitrogens with zero attached hydrogens (tertiary/aromatic N) is 3. The molecule has 0 unspecified atom stereocenters. The Bertz CT molecular complexity index is 1280. The topological polar surface area (TPSA) is 75.4 Å². The molecule has 0 saturated carbocycles. The van der Waals surface area contributed by atoms with Crippen molar-refractivity contribution in [2.45, 2.75) is 32.9 Å². The highest BCUT2D eigenvalue weighted by molar-refractivity contribution is 6.06. The first-order valence-corrected chi connectivity index (χ1v) is 10.8. The Morgan fingerprint density at radius 2 is 1.76 bits per heavy atom. The van der Waals surface area contributed by atoms with Crippen LogP contribution in [0.15, 0.2) is 72.8 Å². The molecule has 0 radical (unpaired) electrons. The first-order chi connectivity index (χ1) is 16.0. The molecule has 7 heteroatoms. The van der Waals surface area contributed by atoms with Gasteiger partial charge in [-0.3, -0.25) is 9.59 Å². The van der Waals surface area contributed by atoms with Gasteiger partial charge in [-0.1, -0.05) is 37.3 Å². The predicted molar refractivity (Wildman–Crippen MR) is 125 cm³/mol. The number of imidazole rings is 1. The summed E-state index contributed by atoms with van der Waals surface area (Å²) in [5.74, 6) is -0.772. The molecule has 33 heavy (non-hydrogen) atoms. The number of aliphatic carboxylic acids is 1. The van der Waals surface area contributed by atoms with E-state index in [4.69, 9.17) is 0 Å². The highest BCUT2D eigenvalue weighted by atomic mass is 19.1. The lowest BCUT2D eigenvalue weighted by molar-refractivity contribution is -0.137. The molecule has 1 amide bonds. The number of carbonyl (C=O) groups excluding carboxylic acids is 1. The number of aryl methyl sites for hydroxylation is 1. The van der Waals surface area contributed by atoms with Gasteiger partial charge in [0.25, 0.3) is 5.91 Å². The molecule has 0 atom stereocenters. The number of rotatable bonds is 8. The van der Waals surface area contributed by atoms with E-state index in [0.717, 1.165) is 12.0 Å². The summed E-state index contributed by atoms with van der Waals surface area (Å²) in [4.78, 5) is 31.1. The van der Waals surface area contributed by atoms with Crippen LogP contribution in [0.2, 0.25) is 0 Å². The molecule has 168 valence electrons. The molecule has 1 aromatic heterocycles. The molecular formula is C26H24FN3O3. The maximum absolute atomic E-state index is 13.4. The van der Waals surface area contributed by atoms with E-state index in [1.807, 2.05) is 13.0 Å². The lowest BCUT2D eigenvalue weighted by Gasteiger charge is -2.23. The molecule has 0 aliphatic heterocycles. The van der Waals surface area contributed by atoms with E-state index in [9.17, 15) is 19.1 Å². The van der Waals surface area contributed by atoms with E-state index in [0.29, 0.717) is 34.5 Å². The van der Waals surface area contributed by atoms with Gasteiger partial charge in [-0.15, -0.1) is 0 Å². The zero-order valence-electron chi connectivity index (χ0n) is 18.2. The van der Waals surface area contributed by atoms with Crippen LogP contribution in [0, 0.1) is 5.82 Å². The minimum absolute atomic E-state index is 0.173. The number of amides is 1. The summed E-state index contributed by atoms with van der Waals surface area (Å²) < 4.78 is 15.1. The van der Waals surface area contributed by atoms with Crippen molar-refractivity contribution in [1.82, 2.24) is 9.55 Å². The van der Waals surface area contributed by atoms with Crippen LogP contribution in [0.5, 0.6) is 0 Å². The minimum Gasteiger partial charge on any atom is -0.480 e. The largest absolute Gasteiger partial charge is 0.480 e. The molecular weight excluding hydrogens is 421 g/mol. The highest BCUT2D eigenvalue weighted by Gasteiger charge is 2.20. The molecule has 6 nitrogen and oxygen atoms in total. The number of carboxylic acid groups (broad SMARTS) is 1. The molecule has 1 heterocycles. The zero-order chi connectivity index (χ0) is 23.4. The lowest BCUT2D eigenvalue weighted by atomic mass is 10.1. The van der Waals surface area contributed by atoms with Gasteiger partial charge in [0.15, 0.2) is 0 Å². The molecule has 1 N–H and O–H groups in total. The second-order valence-electron chi connectivity index (χ2n) is 7.81. The third-order valence-corrected chi connectivity index (χ3v) is 5.41. The lowest BCUT2D eigenvalue weighted by Crippen LogP contribution is -2.30. The van der Waals surface area contributed by atoms with E-state index in [2.05, 4.69) is 4.98 Å². The summed E-state index contributed by atoms with van der Waals surface area (Å²) in [6, 6.07) is 20.4. The Kier molecular flexibility index (Phi) is 6.49. The highest BCUT2D eigenvalue weighted by Crippen LogP contribution is 2.26. The van der Waals surface area contributed by atoms with Crippen molar-refractivity contribution in [2.24, 2.45) is 0 Å². The van der Waals surface area contributed by atoms with Crippen molar-refractivity contribution in [1.29, 1.82) is 0 Å². The van der Waals surface area contributed by atoms with Crippen LogP contribution >= 0.6 is 0 Å². The number of anilines is 1. The van der Waals surface area contributed by atoms with Crippen molar-refractivity contribution < 1.29 is 19.1 Å². The van der Waals surface area contributed by atoms with Gasteiger partial charge in [0, 0.05) is 17.7 Å². The van der Waals surface area contributed by atoms with E-state index < -0.39 is 5.97 Å². The zero-order valence-corrected chi connectivity index (χ0v) is 18.2. The van der Waals surface area contributed by atoms with Crippen molar-refractivity contribution >= 4 is 28.6 Å². The van der Waals surface area contributed by atoms with Crippen LogP contribution in [0.3, 0.4) is 0 Å². The number of hydrogen-bond acceptors (Lipinski definition) is 3. The first-order valence-electron chi connectivity index (χ1n) is 10.8. The van der Waals surface area contributed by atoms with Gasteiger partial charge in [-0.2, -0.15) is 0 Å². The second-order valence-corrected chi connectivity index (χ2v) is 7.81. The first kappa shape index (κ1) is 22.2. The maximum atomic E-state index is 13.4. The van der Waals surface area contributed by atoms with Crippen LogP contribution in [-0.2, 0) is 24.3 Å². The van der Waals surface area contributed by atoms with Gasteiger partial charge in [0.1, 0.15) is 18.2 Å². The van der Waals surface area contributed by atoms with Gasteiger partial charge < -0.3 is 14.6 Å². The normalized spacial score (nSPS) is 11.0. The average molecular weight is 445 g/mol. The molecule has 4 aromatic rings. The van der Waals surface area contributed by atoms with Crippen molar-refractivity contribution in [3.63, 3.8) is 0 Å². The number of fused-ring (bicyclic) bond motifs is 1. The van der Waals surface area contributed by atoms with E-state index in [-0.39, 0.29) is 24.8 Å². The number of benzene rings is 3. The van der Waals surface area contributed by atoms with Gasteiger partial charge in [-0.05, 0) is 54.4 Å². The van der Waals surface area contributed by atoms with Gasteiger partial charge >= 0.3 is 5.97 Å². The number of aromatic nitrogens is 2. The Hall–Kier alpha value is -4.00. The third kappa shape index (κ3) is 4.92. The molecule has 0 aliphatic carbocycles. The smallest absolute Gasteiger partial charge is 0.323 e. The minimum atomic E-state index is -0.937. The van der Waals surface area contributed by atoms with E-state index in [1.165, 1.54) is 12.1 Å². The summed E-state index contributed by atoms with van der Waals surface area (Å²) in [6.07, 6.45) is 1.48. The van der Waals surface area contributed by atoms with Crippen LogP contribution in [-0.4, -0.2) is 26.5 Å². The fourth-order valence-electron chi connectivity index (χ4n) is 3.85. The third-order valence-electron chi connectivity index (χ3n) is 5.41. The number of carbonyl (C=O) groups is 2. The van der Waals surface area contributed by atoms with Gasteiger partial charge in [0.2, 0.25) is 0 Å². The summed E-state index contributed by atoms with van der Waals surface area (Å²) in [6.45, 7) is 2.09. The molecule has 0 bridgehead atoms. The molecule has 0 fully saturated rings. The second kappa shape index (κ2) is 9.65. The fraction of sp³-hybridized carbons (Fsp3) is 0.192. The standard InChI is InChI=1S/C26H24FN3O3/c1-2-6-24-28-22-15-21(13-14-23(22)30(24)17-25(31)32)29(16-18-9-11-20(27)12-10-18)26(33)19-7-4-3-5-8-19/h3-5,7-15H,2,6,16-17H2,1H3,(H,31,32). The maximum Gasteiger partial charge on any atom is 0.323 e. The molecule has 4 rings (SSSR count). The Morgan fingerprint density at radius 3 is 2.42 bits per heavy atom. The Morgan fingerprint density at radius 1 is 1.03 bits per heavy atom. The molecule has 3 aromatic carbocycles.